The number of amides is 1. The van der Waals surface area contributed by atoms with Crippen molar-refractivity contribution in [3.8, 4) is 5.75 Å². The number of halogens is 1. The number of nitrogens with zero attached hydrogens (tertiary/aromatic N) is 4. The molecule has 1 aliphatic heterocycles. The van der Waals surface area contributed by atoms with Crippen LogP contribution >= 0.6 is 22.9 Å². The minimum Gasteiger partial charge on any atom is -0.507 e. The Morgan fingerprint density at radius 1 is 1.24 bits per heavy atom. The van der Waals surface area contributed by atoms with Gasteiger partial charge in [0.1, 0.15) is 11.5 Å². The molecule has 4 aromatic rings. The van der Waals surface area contributed by atoms with Crippen molar-refractivity contribution in [2.75, 3.05) is 11.5 Å². The SMILES string of the molecule is CCOc1ccc(Cl)c(/C(O)=C2\C(=O)C(=O)N(c3nc4ccc([N+](=O)[O-])cc4s3)C2c2cccnc2)c1. The maximum Gasteiger partial charge on any atom is 0.301 e. The largest absolute Gasteiger partial charge is 0.507 e. The Hall–Kier alpha value is -4.35. The molecule has 12 heteroatoms. The summed E-state index contributed by atoms with van der Waals surface area (Å²) in [6, 6.07) is 11.0. The van der Waals surface area contributed by atoms with E-state index in [1.54, 1.807) is 25.1 Å². The zero-order valence-electron chi connectivity index (χ0n) is 19.1. The number of ether oxygens (including phenoxy) is 1. The van der Waals surface area contributed by atoms with Crippen molar-refractivity contribution < 1.29 is 24.4 Å². The fraction of sp³-hybridized carbons (Fsp3) is 0.120. The second-order valence-electron chi connectivity index (χ2n) is 7.94. The highest BCUT2D eigenvalue weighted by molar-refractivity contribution is 7.22. The van der Waals surface area contributed by atoms with E-state index in [2.05, 4.69) is 9.97 Å². The molecule has 1 amide bonds. The molecule has 2 aromatic carbocycles. The van der Waals surface area contributed by atoms with Gasteiger partial charge in [-0.2, -0.15) is 0 Å². The summed E-state index contributed by atoms with van der Waals surface area (Å²) in [5, 5.41) is 22.8. The highest BCUT2D eigenvalue weighted by Gasteiger charge is 2.48. The summed E-state index contributed by atoms with van der Waals surface area (Å²) in [6.07, 6.45) is 3.02. The van der Waals surface area contributed by atoms with Gasteiger partial charge in [-0.05, 0) is 42.8 Å². The number of aliphatic hydroxyl groups excluding tert-OH is 1. The highest BCUT2D eigenvalue weighted by Crippen LogP contribution is 2.45. The highest BCUT2D eigenvalue weighted by atomic mass is 35.5. The first-order valence-corrected chi connectivity index (χ1v) is 12.2. The van der Waals surface area contributed by atoms with E-state index >= 15 is 0 Å². The number of aliphatic hydroxyl groups is 1. The number of nitro groups is 1. The molecule has 2 aromatic heterocycles. The lowest BCUT2D eigenvalue weighted by molar-refractivity contribution is -0.384. The van der Waals surface area contributed by atoms with E-state index in [4.69, 9.17) is 16.3 Å². The van der Waals surface area contributed by atoms with Gasteiger partial charge in [-0.25, -0.2) is 4.98 Å². The number of hydrogen-bond donors (Lipinski definition) is 1. The van der Waals surface area contributed by atoms with Crippen LogP contribution in [0.2, 0.25) is 5.02 Å². The quantitative estimate of drug-likeness (QED) is 0.116. The lowest BCUT2D eigenvalue weighted by atomic mass is 9.96. The van der Waals surface area contributed by atoms with Gasteiger partial charge in [-0.1, -0.05) is 29.0 Å². The summed E-state index contributed by atoms with van der Waals surface area (Å²) in [5.41, 5.74) is 0.672. The first-order chi connectivity index (χ1) is 17.8. The summed E-state index contributed by atoms with van der Waals surface area (Å²) in [4.78, 5) is 47.1. The van der Waals surface area contributed by atoms with Crippen LogP contribution in [0.3, 0.4) is 0 Å². The van der Waals surface area contributed by atoms with E-state index in [1.165, 1.54) is 47.6 Å². The fourth-order valence-electron chi connectivity index (χ4n) is 4.09. The summed E-state index contributed by atoms with van der Waals surface area (Å²) in [5.74, 6) is -1.90. The van der Waals surface area contributed by atoms with Crippen molar-refractivity contribution in [3.05, 3.63) is 92.8 Å². The van der Waals surface area contributed by atoms with Crippen molar-refractivity contribution in [2.45, 2.75) is 13.0 Å². The minimum absolute atomic E-state index is 0.124. The van der Waals surface area contributed by atoms with Crippen LogP contribution in [0, 0.1) is 10.1 Å². The molecule has 0 radical (unpaired) electrons. The lowest BCUT2D eigenvalue weighted by Gasteiger charge is -2.22. The first kappa shape index (κ1) is 24.3. The average Bonchev–Trinajstić information content (AvgIpc) is 3.43. The summed E-state index contributed by atoms with van der Waals surface area (Å²) >= 11 is 7.38. The van der Waals surface area contributed by atoms with Crippen LogP contribution in [0.4, 0.5) is 10.8 Å². The molecule has 1 unspecified atom stereocenters. The van der Waals surface area contributed by atoms with E-state index in [0.717, 1.165) is 11.3 Å². The monoisotopic (exact) mass is 536 g/mol. The number of thiazole rings is 1. The van der Waals surface area contributed by atoms with E-state index in [1.807, 2.05) is 0 Å². The van der Waals surface area contributed by atoms with Gasteiger partial charge in [0, 0.05) is 30.1 Å². The third-order valence-corrected chi connectivity index (χ3v) is 7.07. The van der Waals surface area contributed by atoms with Gasteiger partial charge in [0.25, 0.3) is 11.5 Å². The summed E-state index contributed by atoms with van der Waals surface area (Å²) < 4.78 is 5.97. The molecule has 0 aliphatic carbocycles. The van der Waals surface area contributed by atoms with Crippen LogP contribution in [0.5, 0.6) is 5.75 Å². The lowest BCUT2D eigenvalue weighted by Crippen LogP contribution is -2.29. The van der Waals surface area contributed by atoms with Crippen LogP contribution in [-0.4, -0.2) is 38.3 Å². The third-order valence-electron chi connectivity index (χ3n) is 5.73. The molecule has 1 atom stereocenters. The molecular weight excluding hydrogens is 520 g/mol. The standard InChI is InChI=1S/C25H17ClN4O6S/c1-2-36-15-6-7-17(26)16(11-15)22(31)20-21(13-4-3-9-27-12-13)29(24(33)23(20)32)25-28-18-8-5-14(30(34)35)10-19(18)37-25/h3-12,21,31H,2H2,1H3/b22-20+. The minimum atomic E-state index is -1.07. The van der Waals surface area contributed by atoms with Gasteiger partial charge in [-0.3, -0.25) is 29.6 Å². The molecule has 3 heterocycles. The molecular formula is C25H17ClN4O6S. The Bertz CT molecular complexity index is 1600. The van der Waals surface area contributed by atoms with Crippen LogP contribution in [0.25, 0.3) is 16.0 Å². The topological polar surface area (TPSA) is 136 Å². The molecule has 1 fully saturated rings. The second kappa shape index (κ2) is 9.60. The number of ketones is 1. The predicted molar refractivity (Wildman–Crippen MR) is 138 cm³/mol. The Morgan fingerprint density at radius 2 is 2.05 bits per heavy atom. The van der Waals surface area contributed by atoms with Gasteiger partial charge in [0.05, 0.1) is 38.4 Å². The van der Waals surface area contributed by atoms with Crippen LogP contribution in [0.1, 0.15) is 24.1 Å². The normalized spacial score (nSPS) is 16.9. The average molecular weight is 537 g/mol. The zero-order valence-corrected chi connectivity index (χ0v) is 20.7. The first-order valence-electron chi connectivity index (χ1n) is 11.0. The Kier molecular flexibility index (Phi) is 6.32. The number of pyridine rings is 1. The van der Waals surface area contributed by atoms with Gasteiger partial charge in [0.2, 0.25) is 0 Å². The number of carbonyl (C=O) groups excluding carboxylic acids is 2. The number of aromatic nitrogens is 2. The summed E-state index contributed by atoms with van der Waals surface area (Å²) in [7, 11) is 0. The number of nitro benzene ring substituents is 1. The van der Waals surface area contributed by atoms with E-state index in [9.17, 15) is 24.8 Å². The number of fused-ring (bicyclic) bond motifs is 1. The molecule has 1 aliphatic rings. The Balaban J connectivity index is 1.71. The van der Waals surface area contributed by atoms with E-state index in [-0.39, 0.29) is 27.0 Å². The zero-order chi connectivity index (χ0) is 26.3. The van der Waals surface area contributed by atoms with Gasteiger partial charge < -0.3 is 9.84 Å². The Labute approximate surface area is 218 Å². The van der Waals surface area contributed by atoms with Crippen molar-refractivity contribution in [1.82, 2.24) is 9.97 Å². The van der Waals surface area contributed by atoms with Gasteiger partial charge in [0.15, 0.2) is 5.13 Å². The van der Waals surface area contributed by atoms with Gasteiger partial charge >= 0.3 is 5.91 Å². The molecule has 1 N–H and O–H groups in total. The number of rotatable bonds is 6. The number of Topliss-reactive ketones (excluding diaryl/α,β-unsaturated/α-hetero) is 1. The number of anilines is 1. The molecule has 186 valence electrons. The second-order valence-corrected chi connectivity index (χ2v) is 9.35. The van der Waals surface area contributed by atoms with Gasteiger partial charge in [-0.15, -0.1) is 0 Å². The third kappa shape index (κ3) is 4.28. The molecule has 37 heavy (non-hydrogen) atoms. The predicted octanol–water partition coefficient (Wildman–Crippen LogP) is 5.28. The van der Waals surface area contributed by atoms with Crippen molar-refractivity contribution in [1.29, 1.82) is 0 Å². The molecule has 0 bridgehead atoms. The van der Waals surface area contributed by atoms with Crippen LogP contribution in [-0.2, 0) is 9.59 Å². The van der Waals surface area contributed by atoms with Crippen molar-refractivity contribution >= 4 is 61.4 Å². The maximum atomic E-state index is 13.4. The number of benzene rings is 2. The molecule has 1 saturated heterocycles. The number of non-ortho nitro benzene ring substituents is 1. The summed E-state index contributed by atoms with van der Waals surface area (Å²) in [6.45, 7) is 2.17. The molecule has 5 rings (SSSR count). The maximum absolute atomic E-state index is 13.4. The molecule has 0 saturated carbocycles. The molecule has 0 spiro atoms. The van der Waals surface area contributed by atoms with E-state index in [0.29, 0.717) is 28.1 Å². The smallest absolute Gasteiger partial charge is 0.301 e. The van der Waals surface area contributed by atoms with Crippen molar-refractivity contribution in [2.24, 2.45) is 0 Å². The fourth-order valence-corrected chi connectivity index (χ4v) is 5.32. The van der Waals surface area contributed by atoms with Crippen LogP contribution < -0.4 is 9.64 Å². The number of carbonyl (C=O) groups is 2. The van der Waals surface area contributed by atoms with Crippen LogP contribution in [0.15, 0.2) is 66.5 Å². The van der Waals surface area contributed by atoms with E-state index < -0.39 is 28.4 Å². The van der Waals surface area contributed by atoms with Crippen molar-refractivity contribution in [3.63, 3.8) is 0 Å². The number of hydrogen-bond acceptors (Lipinski definition) is 9. The molecule has 10 nitrogen and oxygen atoms in total. The Morgan fingerprint density at radius 3 is 2.76 bits per heavy atom.